The molecule has 3 heterocycles. The van der Waals surface area contributed by atoms with Gasteiger partial charge in [0.1, 0.15) is 5.69 Å². The SMILES string of the molecule is CCN1CC2(CC1=O)CN(C(=O)c1cccn1C)CCN(C(=O)N(C)C)C2. The van der Waals surface area contributed by atoms with E-state index in [1.807, 2.05) is 36.0 Å². The molecule has 2 aliphatic heterocycles. The predicted molar refractivity (Wildman–Crippen MR) is 101 cm³/mol. The standard InChI is InChI=1S/C19H29N5O3/c1-5-22-12-19(11-16(22)25)13-23(17(26)15-7-6-8-21(15)4)9-10-24(14-19)18(27)20(2)3/h6-8H,5,9-14H2,1-4H3. The fourth-order valence-electron chi connectivity index (χ4n) is 4.21. The van der Waals surface area contributed by atoms with Gasteiger partial charge in [-0.3, -0.25) is 9.59 Å². The minimum absolute atomic E-state index is 0.0524. The van der Waals surface area contributed by atoms with E-state index in [0.29, 0.717) is 51.4 Å². The van der Waals surface area contributed by atoms with Crippen molar-refractivity contribution in [3.8, 4) is 0 Å². The van der Waals surface area contributed by atoms with E-state index in [2.05, 4.69) is 0 Å². The Bertz CT molecular complexity index is 743. The van der Waals surface area contributed by atoms with Gasteiger partial charge in [-0.25, -0.2) is 4.79 Å². The molecule has 2 aliphatic rings. The fourth-order valence-corrected chi connectivity index (χ4v) is 4.21. The maximum absolute atomic E-state index is 13.1. The summed E-state index contributed by atoms with van der Waals surface area (Å²) in [5.74, 6) is 0.0475. The Labute approximate surface area is 160 Å². The van der Waals surface area contributed by atoms with Crippen molar-refractivity contribution in [1.29, 1.82) is 0 Å². The van der Waals surface area contributed by atoms with E-state index in [0.717, 1.165) is 0 Å². The summed E-state index contributed by atoms with van der Waals surface area (Å²) in [4.78, 5) is 45.2. The summed E-state index contributed by atoms with van der Waals surface area (Å²) < 4.78 is 1.81. The number of rotatable bonds is 2. The number of aryl methyl sites for hydroxylation is 1. The molecule has 0 radical (unpaired) electrons. The van der Waals surface area contributed by atoms with Crippen molar-refractivity contribution >= 4 is 17.8 Å². The van der Waals surface area contributed by atoms with Crippen molar-refractivity contribution in [2.24, 2.45) is 12.5 Å². The molecule has 8 heteroatoms. The Morgan fingerprint density at radius 2 is 1.81 bits per heavy atom. The Hall–Kier alpha value is -2.51. The molecule has 4 amide bonds. The fraction of sp³-hybridized carbons (Fsp3) is 0.632. The Balaban J connectivity index is 1.90. The zero-order valence-electron chi connectivity index (χ0n) is 16.6. The van der Waals surface area contributed by atoms with Gasteiger partial charge in [-0.05, 0) is 19.1 Å². The van der Waals surface area contributed by atoms with Crippen LogP contribution < -0.4 is 0 Å². The quantitative estimate of drug-likeness (QED) is 0.764. The highest BCUT2D eigenvalue weighted by Crippen LogP contribution is 2.35. The second kappa shape index (κ2) is 7.25. The monoisotopic (exact) mass is 375 g/mol. The van der Waals surface area contributed by atoms with Crippen LogP contribution in [-0.4, -0.2) is 95.4 Å². The van der Waals surface area contributed by atoms with Crippen molar-refractivity contribution < 1.29 is 14.4 Å². The number of hydrogen-bond acceptors (Lipinski definition) is 3. The number of aromatic nitrogens is 1. The van der Waals surface area contributed by atoms with E-state index < -0.39 is 5.41 Å². The summed E-state index contributed by atoms with van der Waals surface area (Å²) >= 11 is 0. The summed E-state index contributed by atoms with van der Waals surface area (Å²) in [7, 11) is 5.30. The first-order valence-electron chi connectivity index (χ1n) is 9.41. The van der Waals surface area contributed by atoms with Crippen LogP contribution in [0.2, 0.25) is 0 Å². The molecule has 148 valence electrons. The largest absolute Gasteiger partial charge is 0.347 e. The molecule has 1 atom stereocenters. The molecule has 1 unspecified atom stereocenters. The summed E-state index contributed by atoms with van der Waals surface area (Å²) in [5, 5.41) is 0. The number of likely N-dealkylation sites (tertiary alicyclic amines) is 1. The molecule has 8 nitrogen and oxygen atoms in total. The predicted octanol–water partition coefficient (Wildman–Crippen LogP) is 0.703. The summed E-state index contributed by atoms with van der Waals surface area (Å²) in [6.07, 6.45) is 2.22. The third kappa shape index (κ3) is 3.65. The van der Waals surface area contributed by atoms with Crippen LogP contribution in [0, 0.1) is 5.41 Å². The van der Waals surface area contributed by atoms with E-state index in [4.69, 9.17) is 0 Å². The highest BCUT2D eigenvalue weighted by atomic mass is 16.2. The van der Waals surface area contributed by atoms with E-state index in [1.54, 1.807) is 34.5 Å². The van der Waals surface area contributed by atoms with Crippen LogP contribution in [0.15, 0.2) is 18.3 Å². The molecular weight excluding hydrogens is 346 g/mol. The average Bonchev–Trinajstić information content (AvgIpc) is 3.12. The molecule has 0 N–H and O–H groups in total. The van der Waals surface area contributed by atoms with Gasteiger partial charge in [0.2, 0.25) is 5.91 Å². The van der Waals surface area contributed by atoms with E-state index in [1.165, 1.54) is 0 Å². The normalized spacial score (nSPS) is 23.1. The van der Waals surface area contributed by atoms with Crippen LogP contribution in [-0.2, 0) is 11.8 Å². The third-order valence-corrected chi connectivity index (χ3v) is 5.58. The zero-order valence-corrected chi connectivity index (χ0v) is 16.6. The summed E-state index contributed by atoms with van der Waals surface area (Å²) in [6.45, 7) is 5.09. The van der Waals surface area contributed by atoms with Gasteiger partial charge < -0.3 is 24.2 Å². The van der Waals surface area contributed by atoms with Crippen LogP contribution in [0.3, 0.4) is 0 Å². The molecule has 2 saturated heterocycles. The number of urea groups is 1. The van der Waals surface area contributed by atoms with Gasteiger partial charge in [0.05, 0.1) is 0 Å². The molecule has 27 heavy (non-hydrogen) atoms. The zero-order chi connectivity index (χ0) is 19.8. The lowest BCUT2D eigenvalue weighted by atomic mass is 9.86. The van der Waals surface area contributed by atoms with Crippen molar-refractivity contribution in [2.45, 2.75) is 13.3 Å². The van der Waals surface area contributed by atoms with Gasteiger partial charge >= 0.3 is 6.03 Å². The first kappa shape index (κ1) is 19.3. The Morgan fingerprint density at radius 3 is 2.37 bits per heavy atom. The maximum Gasteiger partial charge on any atom is 0.319 e. The molecule has 0 bridgehead atoms. The average molecular weight is 375 g/mol. The van der Waals surface area contributed by atoms with Crippen molar-refractivity contribution in [2.75, 3.05) is 53.4 Å². The molecule has 1 aromatic heterocycles. The molecule has 1 aromatic rings. The van der Waals surface area contributed by atoms with Gasteiger partial charge in [0.15, 0.2) is 0 Å². The lowest BCUT2D eigenvalue weighted by molar-refractivity contribution is -0.127. The minimum Gasteiger partial charge on any atom is -0.347 e. The highest BCUT2D eigenvalue weighted by molar-refractivity contribution is 5.93. The van der Waals surface area contributed by atoms with Gasteiger partial charge in [0.25, 0.3) is 5.91 Å². The van der Waals surface area contributed by atoms with Crippen LogP contribution in [0.4, 0.5) is 4.79 Å². The maximum atomic E-state index is 13.1. The van der Waals surface area contributed by atoms with Crippen molar-refractivity contribution in [3.63, 3.8) is 0 Å². The Kier molecular flexibility index (Phi) is 5.17. The van der Waals surface area contributed by atoms with Gasteiger partial charge in [-0.15, -0.1) is 0 Å². The highest BCUT2D eigenvalue weighted by Gasteiger charge is 2.48. The van der Waals surface area contributed by atoms with Gasteiger partial charge in [0, 0.05) is 78.4 Å². The first-order chi connectivity index (χ1) is 12.8. The topological polar surface area (TPSA) is 69.1 Å². The van der Waals surface area contributed by atoms with Crippen molar-refractivity contribution in [3.05, 3.63) is 24.0 Å². The molecule has 0 aromatic carbocycles. The molecule has 0 aliphatic carbocycles. The van der Waals surface area contributed by atoms with E-state index in [9.17, 15) is 14.4 Å². The van der Waals surface area contributed by atoms with Crippen LogP contribution >= 0.6 is 0 Å². The second-order valence-electron chi connectivity index (χ2n) is 7.91. The van der Waals surface area contributed by atoms with E-state index >= 15 is 0 Å². The lowest BCUT2D eigenvalue weighted by Crippen LogP contribution is -2.47. The number of hydrogen-bond donors (Lipinski definition) is 0. The number of amides is 4. The lowest BCUT2D eigenvalue weighted by Gasteiger charge is -2.34. The van der Waals surface area contributed by atoms with E-state index in [-0.39, 0.29) is 17.8 Å². The second-order valence-corrected chi connectivity index (χ2v) is 7.91. The minimum atomic E-state index is -0.421. The van der Waals surface area contributed by atoms with Crippen LogP contribution in [0.1, 0.15) is 23.8 Å². The number of nitrogens with zero attached hydrogens (tertiary/aromatic N) is 5. The Morgan fingerprint density at radius 1 is 1.15 bits per heavy atom. The number of carbonyl (C=O) groups excluding carboxylic acids is 3. The summed E-state index contributed by atoms with van der Waals surface area (Å²) in [6, 6.07) is 3.58. The molecule has 3 rings (SSSR count). The molecule has 0 saturated carbocycles. The first-order valence-corrected chi connectivity index (χ1v) is 9.41. The molecule has 2 fully saturated rings. The van der Waals surface area contributed by atoms with Gasteiger partial charge in [-0.2, -0.15) is 0 Å². The summed E-state index contributed by atoms with van der Waals surface area (Å²) in [5.41, 5.74) is 0.199. The van der Waals surface area contributed by atoms with Crippen molar-refractivity contribution in [1.82, 2.24) is 24.2 Å². The van der Waals surface area contributed by atoms with Gasteiger partial charge in [-0.1, -0.05) is 0 Å². The smallest absolute Gasteiger partial charge is 0.319 e. The number of carbonyl (C=O) groups is 3. The molecular formula is C19H29N5O3. The van der Waals surface area contributed by atoms with Crippen LogP contribution in [0.5, 0.6) is 0 Å². The van der Waals surface area contributed by atoms with Crippen LogP contribution in [0.25, 0.3) is 0 Å². The molecule has 1 spiro atoms. The third-order valence-electron chi connectivity index (χ3n) is 5.58.